The topological polar surface area (TPSA) is 36.4 Å². The molecule has 22 heavy (non-hydrogen) atoms. The number of guanidine groups is 1. The van der Waals surface area contributed by atoms with Gasteiger partial charge in [0.25, 0.3) is 0 Å². The van der Waals surface area contributed by atoms with E-state index in [4.69, 9.17) is 0 Å². The second-order valence-electron chi connectivity index (χ2n) is 5.02. The average Bonchev–Trinajstić information content (AvgIpc) is 3.05. The maximum Gasteiger partial charge on any atom is 0.191 e. The minimum absolute atomic E-state index is 0. The zero-order valence-corrected chi connectivity index (χ0v) is 16.2. The third-order valence-corrected chi connectivity index (χ3v) is 4.00. The number of hydrogen-bond acceptors (Lipinski definition) is 2. The van der Waals surface area contributed by atoms with E-state index >= 15 is 0 Å². The summed E-state index contributed by atoms with van der Waals surface area (Å²) in [4.78, 5) is 4.63. The molecular weight excluding hydrogens is 405 g/mol. The molecule has 3 nitrogen and oxygen atoms in total. The van der Waals surface area contributed by atoms with Crippen molar-refractivity contribution < 1.29 is 0 Å². The molecule has 0 aliphatic heterocycles. The quantitative estimate of drug-likeness (QED) is 0.410. The molecule has 0 saturated carbocycles. The second kappa shape index (κ2) is 10.6. The Bertz CT molecular complexity index is 540. The van der Waals surface area contributed by atoms with Gasteiger partial charge in [-0.3, -0.25) is 0 Å². The van der Waals surface area contributed by atoms with Crippen molar-refractivity contribution in [3.63, 3.8) is 0 Å². The predicted octanol–water partition coefficient (Wildman–Crippen LogP) is 4.22. The highest BCUT2D eigenvalue weighted by Crippen LogP contribution is 2.16. The summed E-state index contributed by atoms with van der Waals surface area (Å²) in [6, 6.07) is 12.5. The molecule has 0 spiro atoms. The van der Waals surface area contributed by atoms with Crippen molar-refractivity contribution in [2.45, 2.75) is 26.3 Å². The summed E-state index contributed by atoms with van der Waals surface area (Å²) in [5.74, 6) is 1.36. The van der Waals surface area contributed by atoms with Crippen molar-refractivity contribution in [3.8, 4) is 0 Å². The van der Waals surface area contributed by atoms with Crippen molar-refractivity contribution in [1.29, 1.82) is 0 Å². The van der Waals surface area contributed by atoms with Gasteiger partial charge in [-0.05, 0) is 40.8 Å². The van der Waals surface area contributed by atoms with Gasteiger partial charge in [0.1, 0.15) is 0 Å². The lowest BCUT2D eigenvalue weighted by atomic mass is 10.1. The Kier molecular flexibility index (Phi) is 9.15. The maximum absolute atomic E-state index is 4.63. The first kappa shape index (κ1) is 19.0. The van der Waals surface area contributed by atoms with Crippen LogP contribution in [0.3, 0.4) is 0 Å². The van der Waals surface area contributed by atoms with E-state index in [9.17, 15) is 0 Å². The van der Waals surface area contributed by atoms with E-state index in [1.54, 1.807) is 11.3 Å². The van der Waals surface area contributed by atoms with Gasteiger partial charge in [-0.2, -0.15) is 11.3 Å². The van der Waals surface area contributed by atoms with Gasteiger partial charge in [-0.15, -0.1) is 24.0 Å². The molecular formula is C17H24IN3S. The molecule has 2 N–H and O–H groups in total. The monoisotopic (exact) mass is 429 g/mol. The number of aliphatic imine (C=N–C) groups is 1. The van der Waals surface area contributed by atoms with Crippen LogP contribution >= 0.6 is 35.3 Å². The van der Waals surface area contributed by atoms with Crippen LogP contribution in [0.1, 0.15) is 30.9 Å². The van der Waals surface area contributed by atoms with Gasteiger partial charge < -0.3 is 10.6 Å². The number of nitrogens with one attached hydrogen (secondary N) is 2. The van der Waals surface area contributed by atoms with Crippen LogP contribution in [0, 0.1) is 0 Å². The van der Waals surface area contributed by atoms with Crippen LogP contribution in [0.15, 0.2) is 52.2 Å². The number of halogens is 1. The first-order valence-corrected chi connectivity index (χ1v) is 8.32. The Hall–Kier alpha value is -1.08. The highest BCUT2D eigenvalue weighted by molar-refractivity contribution is 14.0. The molecule has 2 aromatic rings. The lowest BCUT2D eigenvalue weighted by molar-refractivity contribution is 0.701. The molecule has 0 bridgehead atoms. The fourth-order valence-electron chi connectivity index (χ4n) is 2.02. The predicted molar refractivity (Wildman–Crippen MR) is 107 cm³/mol. The highest BCUT2D eigenvalue weighted by Gasteiger charge is 2.06. The van der Waals surface area contributed by atoms with E-state index in [1.165, 1.54) is 11.1 Å². The van der Waals surface area contributed by atoms with E-state index in [2.05, 4.69) is 58.4 Å². The zero-order valence-electron chi connectivity index (χ0n) is 13.1. The fourth-order valence-corrected chi connectivity index (χ4v) is 2.80. The lowest BCUT2D eigenvalue weighted by Gasteiger charge is -2.15. The van der Waals surface area contributed by atoms with Gasteiger partial charge in [0.2, 0.25) is 0 Å². The summed E-state index contributed by atoms with van der Waals surface area (Å²) in [6.07, 6.45) is 0. The van der Waals surface area contributed by atoms with Crippen molar-refractivity contribution >= 4 is 41.3 Å². The molecule has 5 heteroatoms. The second-order valence-corrected chi connectivity index (χ2v) is 5.80. The first-order chi connectivity index (χ1) is 10.3. The van der Waals surface area contributed by atoms with Crippen LogP contribution in [-0.4, -0.2) is 19.0 Å². The highest BCUT2D eigenvalue weighted by atomic mass is 127. The van der Waals surface area contributed by atoms with E-state index in [0.717, 1.165) is 19.0 Å². The van der Waals surface area contributed by atoms with E-state index < -0.39 is 0 Å². The third-order valence-electron chi connectivity index (χ3n) is 3.29. The van der Waals surface area contributed by atoms with Gasteiger partial charge in [0.15, 0.2) is 5.96 Å². The Labute approximate surface area is 154 Å². The number of hydrogen-bond donors (Lipinski definition) is 2. The van der Waals surface area contributed by atoms with Crippen LogP contribution < -0.4 is 10.6 Å². The first-order valence-electron chi connectivity index (χ1n) is 7.37. The number of nitrogens with zero attached hydrogens (tertiary/aromatic N) is 1. The summed E-state index contributed by atoms with van der Waals surface area (Å²) in [5.41, 5.74) is 2.60. The number of rotatable bonds is 6. The minimum atomic E-state index is 0. The summed E-state index contributed by atoms with van der Waals surface area (Å²) >= 11 is 1.75. The Morgan fingerprint density at radius 1 is 1.18 bits per heavy atom. The van der Waals surface area contributed by atoms with E-state index in [0.29, 0.717) is 12.5 Å². The smallest absolute Gasteiger partial charge is 0.191 e. The summed E-state index contributed by atoms with van der Waals surface area (Å²) < 4.78 is 0. The van der Waals surface area contributed by atoms with Crippen LogP contribution in [0.2, 0.25) is 0 Å². The maximum atomic E-state index is 4.63. The summed E-state index contributed by atoms with van der Waals surface area (Å²) in [7, 11) is 0. The average molecular weight is 429 g/mol. The molecule has 0 amide bonds. The van der Waals surface area contributed by atoms with Crippen LogP contribution in [-0.2, 0) is 6.54 Å². The molecule has 0 radical (unpaired) electrons. The van der Waals surface area contributed by atoms with E-state index in [-0.39, 0.29) is 24.0 Å². The molecule has 1 atom stereocenters. The molecule has 1 heterocycles. The van der Waals surface area contributed by atoms with Gasteiger partial charge in [0, 0.05) is 13.1 Å². The van der Waals surface area contributed by atoms with Gasteiger partial charge >= 0.3 is 0 Å². The van der Waals surface area contributed by atoms with Crippen molar-refractivity contribution in [2.75, 3.05) is 13.1 Å². The number of thiophene rings is 1. The van der Waals surface area contributed by atoms with Gasteiger partial charge in [-0.25, -0.2) is 4.99 Å². The number of benzene rings is 1. The minimum Gasteiger partial charge on any atom is -0.357 e. The van der Waals surface area contributed by atoms with Gasteiger partial charge in [-0.1, -0.05) is 37.3 Å². The molecule has 120 valence electrons. The third kappa shape index (κ3) is 6.36. The summed E-state index contributed by atoms with van der Waals surface area (Å²) in [6.45, 7) is 6.77. The van der Waals surface area contributed by atoms with E-state index in [1.807, 2.05) is 18.2 Å². The Morgan fingerprint density at radius 3 is 2.59 bits per heavy atom. The lowest BCUT2D eigenvalue weighted by Crippen LogP contribution is -2.39. The zero-order chi connectivity index (χ0) is 14.9. The van der Waals surface area contributed by atoms with Crippen LogP contribution in [0.25, 0.3) is 0 Å². The summed E-state index contributed by atoms with van der Waals surface area (Å²) in [5, 5.41) is 11.1. The van der Waals surface area contributed by atoms with Crippen LogP contribution in [0.4, 0.5) is 0 Å². The molecule has 2 rings (SSSR count). The molecule has 1 aromatic heterocycles. The van der Waals surface area contributed by atoms with Crippen LogP contribution in [0.5, 0.6) is 0 Å². The molecule has 0 fully saturated rings. The SMILES string of the molecule is CCNC(=NCc1ccccc1)NCC(C)c1ccsc1.I. The molecule has 0 aliphatic carbocycles. The largest absolute Gasteiger partial charge is 0.357 e. The molecule has 0 saturated heterocycles. The van der Waals surface area contributed by atoms with Crippen molar-refractivity contribution in [2.24, 2.45) is 4.99 Å². The molecule has 0 aliphatic rings. The van der Waals surface area contributed by atoms with Crippen molar-refractivity contribution in [1.82, 2.24) is 10.6 Å². The Balaban J connectivity index is 0.00000242. The normalized spacial score (nSPS) is 12.4. The molecule has 1 aromatic carbocycles. The Morgan fingerprint density at radius 2 is 1.95 bits per heavy atom. The fraction of sp³-hybridized carbons (Fsp3) is 0.353. The molecule has 1 unspecified atom stereocenters. The van der Waals surface area contributed by atoms with Gasteiger partial charge in [0.05, 0.1) is 6.54 Å². The van der Waals surface area contributed by atoms with Crippen molar-refractivity contribution in [3.05, 3.63) is 58.3 Å². The standard InChI is InChI=1S/C17H23N3S.HI/c1-3-18-17(20-12-15-7-5-4-6-8-15)19-11-14(2)16-9-10-21-13-16;/h4-10,13-14H,3,11-12H2,1-2H3,(H2,18,19,20);1H.